The molecule has 0 saturated carbocycles. The smallest absolute Gasteiger partial charge is 0.144 e. The molecule has 0 aliphatic heterocycles. The molecule has 0 amide bonds. The number of rotatable bonds is 4. The molecule has 0 atom stereocenters. The van der Waals surface area contributed by atoms with Crippen molar-refractivity contribution in [2.24, 2.45) is 7.05 Å². The second kappa shape index (κ2) is 8.96. The van der Waals surface area contributed by atoms with E-state index in [0.29, 0.717) is 11.4 Å². The Balaban J connectivity index is 1.71. The van der Waals surface area contributed by atoms with Gasteiger partial charge >= 0.3 is 0 Å². The third-order valence-corrected chi connectivity index (χ3v) is 9.00. The van der Waals surface area contributed by atoms with Gasteiger partial charge in [0.15, 0.2) is 0 Å². The molecule has 188 valence electrons. The summed E-state index contributed by atoms with van der Waals surface area (Å²) in [5.74, 6) is 0.915. The van der Waals surface area contributed by atoms with Crippen LogP contribution in [0, 0.1) is 0 Å². The van der Waals surface area contributed by atoms with Crippen LogP contribution in [0.3, 0.4) is 0 Å². The average Bonchev–Trinajstić information content (AvgIpc) is 3.19. The zero-order chi connectivity index (χ0) is 26.5. The minimum absolute atomic E-state index is 0.0462. The first-order valence-corrected chi connectivity index (χ1v) is 16.1. The molecule has 0 saturated heterocycles. The first kappa shape index (κ1) is 24.9. The topological polar surface area (TPSA) is 63.8 Å². The number of pyridine rings is 2. The number of hydrogen-bond acceptors (Lipinski definition) is 4. The van der Waals surface area contributed by atoms with Crippen LogP contribution in [0.5, 0.6) is 5.75 Å². The summed E-state index contributed by atoms with van der Waals surface area (Å²) in [6.07, 6.45) is 5.77. The number of aromatic nitrogens is 4. The lowest BCUT2D eigenvalue weighted by Gasteiger charge is -2.22. The molecular weight excluding hydrogens is 472 g/mol. The number of aryl methyl sites for hydroxylation is 1. The van der Waals surface area contributed by atoms with E-state index in [0.717, 1.165) is 33.4 Å². The molecule has 5 aromatic rings. The summed E-state index contributed by atoms with van der Waals surface area (Å²) < 4.78 is 1.99. The van der Waals surface area contributed by atoms with E-state index < -0.39 is 8.07 Å². The minimum Gasteiger partial charge on any atom is -0.507 e. The summed E-state index contributed by atoms with van der Waals surface area (Å²) in [5.41, 5.74) is 7.71. The van der Waals surface area contributed by atoms with Gasteiger partial charge in [0.1, 0.15) is 17.1 Å². The molecule has 37 heavy (non-hydrogen) atoms. The van der Waals surface area contributed by atoms with Crippen LogP contribution < -0.4 is 5.19 Å². The van der Waals surface area contributed by atoms with Gasteiger partial charge < -0.3 is 9.67 Å². The molecular formula is C31H34N4OSi. The van der Waals surface area contributed by atoms with E-state index in [-0.39, 0.29) is 11.2 Å². The highest BCUT2D eigenvalue weighted by Gasteiger charge is 2.21. The van der Waals surface area contributed by atoms with Gasteiger partial charge in [-0.2, -0.15) is 0 Å². The molecule has 6 heteroatoms. The van der Waals surface area contributed by atoms with E-state index in [1.165, 1.54) is 10.8 Å². The van der Waals surface area contributed by atoms with Crippen molar-refractivity contribution in [1.82, 2.24) is 19.5 Å². The van der Waals surface area contributed by atoms with Crippen LogP contribution in [0.4, 0.5) is 0 Å². The van der Waals surface area contributed by atoms with Crippen LogP contribution in [0.1, 0.15) is 26.3 Å². The van der Waals surface area contributed by atoms with E-state index in [1.807, 2.05) is 48.4 Å². The molecule has 0 aliphatic carbocycles. The largest absolute Gasteiger partial charge is 0.507 e. The number of fused-ring (bicyclic) bond motifs is 1. The van der Waals surface area contributed by atoms with Crippen molar-refractivity contribution >= 4 is 24.3 Å². The lowest BCUT2D eigenvalue weighted by molar-refractivity contribution is 0.476. The number of aromatic hydroxyl groups is 1. The molecule has 0 spiro atoms. The molecule has 3 heterocycles. The fraction of sp³-hybridized carbons (Fsp3) is 0.258. The van der Waals surface area contributed by atoms with Crippen molar-refractivity contribution in [1.29, 1.82) is 0 Å². The number of hydrogen-bond donors (Lipinski definition) is 1. The molecule has 1 N–H and O–H groups in total. The van der Waals surface area contributed by atoms with Gasteiger partial charge in [0, 0.05) is 30.6 Å². The second-order valence-electron chi connectivity index (χ2n) is 11.8. The Bertz CT molecular complexity index is 1610. The number of nitrogens with zero attached hydrogens (tertiary/aromatic N) is 4. The number of benzene rings is 2. The van der Waals surface area contributed by atoms with Gasteiger partial charge in [-0.3, -0.25) is 9.97 Å². The third kappa shape index (κ3) is 4.69. The fourth-order valence-corrected chi connectivity index (χ4v) is 5.62. The van der Waals surface area contributed by atoms with E-state index in [1.54, 1.807) is 6.07 Å². The van der Waals surface area contributed by atoms with Crippen molar-refractivity contribution in [2.75, 3.05) is 0 Å². The summed E-state index contributed by atoms with van der Waals surface area (Å²) in [6, 6.07) is 18.4. The van der Waals surface area contributed by atoms with Crippen LogP contribution in [-0.4, -0.2) is 32.7 Å². The predicted octanol–water partition coefficient (Wildman–Crippen LogP) is 6.91. The summed E-state index contributed by atoms with van der Waals surface area (Å²) in [5, 5.41) is 11.8. The summed E-state index contributed by atoms with van der Waals surface area (Å²) in [7, 11) is 0.535. The fourth-order valence-electron chi connectivity index (χ4n) is 4.59. The maximum Gasteiger partial charge on any atom is 0.144 e. The highest BCUT2D eigenvalue weighted by atomic mass is 28.3. The quantitative estimate of drug-likeness (QED) is 0.269. The molecule has 5 rings (SSSR count). The van der Waals surface area contributed by atoms with Crippen molar-refractivity contribution in [3.63, 3.8) is 0 Å². The summed E-state index contributed by atoms with van der Waals surface area (Å²) in [6.45, 7) is 13.7. The Morgan fingerprint density at radius 2 is 1.57 bits per heavy atom. The van der Waals surface area contributed by atoms with E-state index in [4.69, 9.17) is 9.97 Å². The molecule has 0 aliphatic rings. The van der Waals surface area contributed by atoms with Crippen molar-refractivity contribution in [3.8, 4) is 39.5 Å². The highest BCUT2D eigenvalue weighted by molar-refractivity contribution is 6.88. The number of phenolic OH excluding ortho intramolecular Hbond substituents is 1. The summed E-state index contributed by atoms with van der Waals surface area (Å²) >= 11 is 0. The molecule has 0 fully saturated rings. The van der Waals surface area contributed by atoms with Gasteiger partial charge in [0.2, 0.25) is 0 Å². The normalized spacial score (nSPS) is 12.3. The number of para-hydroxylation sites is 1. The molecule has 0 unspecified atom stereocenters. The van der Waals surface area contributed by atoms with E-state index >= 15 is 0 Å². The van der Waals surface area contributed by atoms with Crippen LogP contribution in [0.25, 0.3) is 44.8 Å². The van der Waals surface area contributed by atoms with Gasteiger partial charge in [0.25, 0.3) is 0 Å². The van der Waals surface area contributed by atoms with Crippen molar-refractivity contribution in [2.45, 2.75) is 45.8 Å². The van der Waals surface area contributed by atoms with Gasteiger partial charge in [-0.15, -0.1) is 0 Å². The molecule has 2 aromatic carbocycles. The highest BCUT2D eigenvalue weighted by Crippen LogP contribution is 2.37. The maximum atomic E-state index is 10.5. The maximum absolute atomic E-state index is 10.5. The van der Waals surface area contributed by atoms with Crippen molar-refractivity contribution in [3.05, 3.63) is 78.8 Å². The van der Waals surface area contributed by atoms with E-state index in [2.05, 4.69) is 75.7 Å². The van der Waals surface area contributed by atoms with Crippen LogP contribution >= 0.6 is 0 Å². The zero-order valence-corrected chi connectivity index (χ0v) is 23.7. The standard InChI is InChI=1S/C31H34N4OSi/c1-31(2,3)22-15-20(14-21(16-22)26-13-12-23(17-33-26)37(5,6)7)25-18-32-19-27-29(25)34-30(35(27)4)24-10-8-9-11-28(24)36/h8-19,36H,1-7H3. The molecule has 3 aromatic heterocycles. The molecule has 0 radical (unpaired) electrons. The Morgan fingerprint density at radius 1 is 0.838 bits per heavy atom. The molecule has 0 bridgehead atoms. The zero-order valence-electron chi connectivity index (χ0n) is 22.7. The van der Waals surface area contributed by atoms with Gasteiger partial charge in [-0.1, -0.05) is 64.7 Å². The van der Waals surface area contributed by atoms with E-state index in [9.17, 15) is 5.11 Å². The SMILES string of the molecule is Cn1c(-c2ccccc2O)nc2c(-c3cc(-c4ccc([Si](C)(C)C)cn4)cc(C(C)(C)C)c3)cncc21. The lowest BCUT2D eigenvalue weighted by atomic mass is 9.84. The Labute approximate surface area is 219 Å². The van der Waals surface area contributed by atoms with Crippen molar-refractivity contribution < 1.29 is 5.11 Å². The first-order chi connectivity index (χ1) is 17.4. The third-order valence-electron chi connectivity index (χ3n) is 6.98. The lowest BCUT2D eigenvalue weighted by Crippen LogP contribution is -2.37. The van der Waals surface area contributed by atoms with Gasteiger partial charge in [0.05, 0.1) is 31.0 Å². The van der Waals surface area contributed by atoms with Crippen LogP contribution in [0.15, 0.2) is 73.2 Å². The Morgan fingerprint density at radius 3 is 2.22 bits per heavy atom. The monoisotopic (exact) mass is 506 g/mol. The first-order valence-electron chi connectivity index (χ1n) is 12.6. The Kier molecular flexibility index (Phi) is 6.03. The minimum atomic E-state index is -1.43. The Hall–Kier alpha value is -3.77. The number of imidazole rings is 1. The van der Waals surface area contributed by atoms with Crippen LogP contribution in [-0.2, 0) is 12.5 Å². The predicted molar refractivity (Wildman–Crippen MR) is 156 cm³/mol. The van der Waals surface area contributed by atoms with Gasteiger partial charge in [-0.25, -0.2) is 4.98 Å². The van der Waals surface area contributed by atoms with Crippen LogP contribution in [0.2, 0.25) is 19.6 Å². The van der Waals surface area contributed by atoms with Gasteiger partial charge in [-0.05, 0) is 52.1 Å². The second-order valence-corrected chi connectivity index (χ2v) is 16.9. The number of phenols is 1. The molecule has 5 nitrogen and oxygen atoms in total. The summed E-state index contributed by atoms with van der Waals surface area (Å²) in [4.78, 5) is 14.5. The average molecular weight is 507 g/mol.